The zero-order chi connectivity index (χ0) is 46.8. The fraction of sp³-hybridized carbons (Fsp3) is 0.642. The van der Waals surface area contributed by atoms with E-state index >= 15 is 0 Å². The van der Waals surface area contributed by atoms with E-state index in [0.717, 1.165) is 112 Å². The number of ether oxygens (including phenoxy) is 2. The molecule has 2 aromatic rings. The van der Waals surface area contributed by atoms with E-state index < -0.39 is 17.6 Å². The summed E-state index contributed by atoms with van der Waals surface area (Å²) in [4.78, 5) is 33.5. The Bertz CT molecular complexity index is 2110. The molecule has 3 fully saturated rings. The van der Waals surface area contributed by atoms with Gasteiger partial charge in [-0.25, -0.2) is 0 Å². The number of esters is 1. The molecule has 6 unspecified atom stereocenters. The van der Waals surface area contributed by atoms with E-state index in [4.69, 9.17) is 25.9 Å². The van der Waals surface area contributed by atoms with Gasteiger partial charge in [0.2, 0.25) is 5.91 Å². The highest BCUT2D eigenvalue weighted by atomic mass is 33.1. The van der Waals surface area contributed by atoms with E-state index in [0.29, 0.717) is 99.5 Å². The largest absolute Gasteiger partial charge is 0.504 e. The molecule has 8 rings (SSSR count). The molecule has 0 aromatic heterocycles. The van der Waals surface area contributed by atoms with E-state index in [1.54, 1.807) is 0 Å². The Morgan fingerprint density at radius 1 is 1.00 bits per heavy atom. The smallest absolute Gasteiger partial charge is 0.302 e. The van der Waals surface area contributed by atoms with Crippen LogP contribution in [0.2, 0.25) is 0 Å². The topological polar surface area (TPSA) is 185 Å². The Morgan fingerprint density at radius 2 is 1.82 bits per heavy atom. The number of nitrogens with zero attached hydrogens (tertiary/aromatic N) is 2. The fourth-order valence-electron chi connectivity index (χ4n) is 11.8. The first-order valence-corrected chi connectivity index (χ1v) is 27.7. The number of nitrogens with one attached hydrogen (secondary N) is 2. The maximum Gasteiger partial charge on any atom is 0.302 e. The number of aryl methyl sites for hydroxylation is 2. The first kappa shape index (κ1) is 49.4. The number of rotatable bonds is 6. The van der Waals surface area contributed by atoms with Gasteiger partial charge in [0.25, 0.3) is 0 Å². The average molecular weight is 957 g/mol. The van der Waals surface area contributed by atoms with Crippen molar-refractivity contribution in [2.75, 3.05) is 25.4 Å². The van der Waals surface area contributed by atoms with Crippen molar-refractivity contribution in [3.8, 4) is 11.5 Å². The number of benzene rings is 2. The van der Waals surface area contributed by atoms with Crippen LogP contribution < -0.4 is 26.8 Å². The second kappa shape index (κ2) is 23.1. The molecular formula is C53H76N6O6S2. The van der Waals surface area contributed by atoms with Crippen LogP contribution >= 0.6 is 21.6 Å². The summed E-state index contributed by atoms with van der Waals surface area (Å²) in [7, 11) is 3.87. The third-order valence-corrected chi connectivity index (χ3v) is 18.7. The lowest BCUT2D eigenvalue weighted by Gasteiger charge is -2.31. The van der Waals surface area contributed by atoms with Gasteiger partial charge in [-0.05, 0) is 137 Å². The van der Waals surface area contributed by atoms with Gasteiger partial charge >= 0.3 is 5.97 Å². The summed E-state index contributed by atoms with van der Waals surface area (Å²) in [6.45, 7) is 3.29. The number of phenols is 1. The molecule has 14 heteroatoms. The molecule has 2 aliphatic carbocycles. The van der Waals surface area contributed by atoms with Gasteiger partial charge in [-0.1, -0.05) is 83.7 Å². The molecule has 8 N–H and O–H groups in total. The fourth-order valence-corrected chi connectivity index (χ4v) is 15.3. The molecule has 4 bridgehead atoms. The first-order valence-electron chi connectivity index (χ1n) is 25.4. The number of aromatic hydroxyl groups is 1. The monoisotopic (exact) mass is 957 g/mol. The Hall–Kier alpha value is -4.01. The van der Waals surface area contributed by atoms with Crippen molar-refractivity contribution >= 4 is 39.4 Å². The van der Waals surface area contributed by atoms with Crippen molar-refractivity contribution in [2.24, 2.45) is 33.7 Å². The van der Waals surface area contributed by atoms with Gasteiger partial charge in [-0.15, -0.1) is 0 Å². The van der Waals surface area contributed by atoms with E-state index in [2.05, 4.69) is 53.1 Å². The zero-order valence-corrected chi connectivity index (χ0v) is 41.4. The summed E-state index contributed by atoms with van der Waals surface area (Å²) in [5.41, 5.74) is 17.8. The lowest BCUT2D eigenvalue weighted by molar-refractivity contribution is -0.148. The molecule has 12 nitrogen and oxygen atoms in total. The lowest BCUT2D eigenvalue weighted by Crippen LogP contribution is -2.47. The molecule has 2 aromatic carbocycles. The van der Waals surface area contributed by atoms with Crippen LogP contribution in [0.1, 0.15) is 145 Å². The van der Waals surface area contributed by atoms with E-state index in [-0.39, 0.29) is 35.1 Å². The molecule has 1 amide bonds. The van der Waals surface area contributed by atoms with Gasteiger partial charge in [-0.2, -0.15) is 0 Å². The molecule has 4 aliphatic heterocycles. The van der Waals surface area contributed by atoms with Crippen molar-refractivity contribution in [2.45, 2.75) is 171 Å². The molecule has 2 saturated carbocycles. The molecule has 0 radical (unpaired) electrons. The number of phenolic OH excluding ortho intramolecular Hbond substituents is 1. The second-order valence-corrected chi connectivity index (χ2v) is 23.4. The minimum atomic E-state index is -0.597. The summed E-state index contributed by atoms with van der Waals surface area (Å²) in [5.74, 6) is 3.42. The van der Waals surface area contributed by atoms with Gasteiger partial charge in [0.05, 0.1) is 16.8 Å². The zero-order valence-electron chi connectivity index (χ0n) is 39.8. The van der Waals surface area contributed by atoms with E-state index in [1.807, 2.05) is 32.6 Å². The van der Waals surface area contributed by atoms with Crippen LogP contribution in [-0.2, 0) is 40.1 Å². The van der Waals surface area contributed by atoms with E-state index in [1.165, 1.54) is 12.5 Å². The van der Waals surface area contributed by atoms with Gasteiger partial charge in [0, 0.05) is 68.2 Å². The lowest BCUT2D eigenvalue weighted by atomic mass is 9.77. The summed E-state index contributed by atoms with van der Waals surface area (Å²) in [5, 5.41) is 30.5. The van der Waals surface area contributed by atoms with Crippen molar-refractivity contribution in [1.82, 2.24) is 15.5 Å². The van der Waals surface area contributed by atoms with Crippen LogP contribution in [-0.4, -0.2) is 81.5 Å². The van der Waals surface area contributed by atoms with Crippen LogP contribution in [0.4, 0.5) is 0 Å². The number of fused-ring (bicyclic) bond motifs is 7. The Balaban J connectivity index is 1.08. The molecule has 366 valence electrons. The van der Waals surface area contributed by atoms with Gasteiger partial charge in [0.1, 0.15) is 12.2 Å². The third-order valence-electron chi connectivity index (χ3n) is 15.4. The number of dihydropyridines is 1. The molecule has 4 heterocycles. The van der Waals surface area contributed by atoms with Gasteiger partial charge in [-0.3, -0.25) is 14.6 Å². The molecule has 6 aliphatic rings. The molecular weight excluding hydrogens is 881 g/mol. The van der Waals surface area contributed by atoms with Crippen LogP contribution in [0.3, 0.4) is 0 Å². The van der Waals surface area contributed by atoms with E-state index in [9.17, 15) is 19.8 Å². The second-order valence-electron chi connectivity index (χ2n) is 20.6. The number of guanidine groups is 1. The number of aliphatic hydroxyl groups is 1. The highest BCUT2D eigenvalue weighted by Crippen LogP contribution is 2.49. The summed E-state index contributed by atoms with van der Waals surface area (Å²) in [6, 6.07) is 12.8. The quantitative estimate of drug-likeness (QED) is 0.120. The number of allylic oxidation sites excluding steroid dienone is 2. The summed E-state index contributed by atoms with van der Waals surface area (Å²) >= 11 is 0. The number of carbonyl (C=O) groups is 2. The average Bonchev–Trinajstić information content (AvgIpc) is 3.99. The summed E-state index contributed by atoms with van der Waals surface area (Å²) in [6.07, 6.45) is 21.4. The van der Waals surface area contributed by atoms with Crippen LogP contribution in [0.15, 0.2) is 64.9 Å². The number of carbonyl (C=O) groups excluding carboxylic acids is 2. The Kier molecular flexibility index (Phi) is 17.0. The highest BCUT2D eigenvalue weighted by Gasteiger charge is 2.44. The number of nitrogens with two attached hydrogens (primary N) is 2. The molecule has 1 saturated heterocycles. The number of hydrogen-bond donors (Lipinski definition) is 6. The number of aliphatic imine (C=N–C) groups is 1. The maximum absolute atomic E-state index is 14.3. The number of hydrogen-bond acceptors (Lipinski definition) is 13. The Morgan fingerprint density at radius 3 is 2.63 bits per heavy atom. The molecule has 1 spiro atoms. The van der Waals surface area contributed by atoms with Crippen molar-refractivity contribution in [3.05, 3.63) is 82.2 Å². The highest BCUT2D eigenvalue weighted by molar-refractivity contribution is 8.77. The number of amides is 1. The van der Waals surface area contributed by atoms with Gasteiger partial charge < -0.3 is 46.7 Å². The standard InChI is InChI=1S/C53H76N6O6S2/c1-36(60)64-44-20-18-41-29-42(49(63)50-45(41)21-19-40-13-9-15-46(40)65-50)33-59-35-52(32-48(59)62,31-39-22-26-56-47(54)28-39)25-27-57-51(55)58-53(23-7-8-24-53)67-66-34-38(12-5-6-14-43(61)30-44)17-16-37-10-3-2-4-11-37/h2-4,10-11,22,28-29,38,40,43-44,46,56,61,63H,5-9,12-21,23-27,30-35,54H2,1H3,(H3,55,57,58). The minimum absolute atomic E-state index is 0.0379. The first-order chi connectivity index (χ1) is 32.4. The normalized spacial score (nSPS) is 28.9. The predicted octanol–water partition coefficient (Wildman–Crippen LogP) is 8.71. The predicted molar refractivity (Wildman–Crippen MR) is 270 cm³/mol. The molecule has 6 atom stereocenters. The van der Waals surface area contributed by atoms with Gasteiger partial charge in [0.15, 0.2) is 17.5 Å². The van der Waals surface area contributed by atoms with Crippen molar-refractivity contribution in [3.63, 3.8) is 0 Å². The SMILES string of the molecule is CC(=O)OC1CCc2cc(c(O)c3c2CCC2CCCC2O3)CN2CC(CC3=CCNC(N)=C3)(CCN=C(N)NC3(CCCC3)SSCC(CCc3ccccc3)CCCCC(O)C1)CC2=O. The van der Waals surface area contributed by atoms with Crippen molar-refractivity contribution < 1.29 is 29.3 Å². The maximum atomic E-state index is 14.3. The third kappa shape index (κ3) is 13.4. The van der Waals surface area contributed by atoms with Crippen LogP contribution in [0.25, 0.3) is 0 Å². The summed E-state index contributed by atoms with van der Waals surface area (Å²) < 4.78 is 12.7. The van der Waals surface area contributed by atoms with Crippen LogP contribution in [0, 0.1) is 17.3 Å². The molecule has 67 heavy (non-hydrogen) atoms. The van der Waals surface area contributed by atoms with Crippen LogP contribution in [0.5, 0.6) is 11.5 Å². The van der Waals surface area contributed by atoms with Crippen molar-refractivity contribution in [1.29, 1.82) is 0 Å². The minimum Gasteiger partial charge on any atom is -0.504 e. The number of aliphatic hydroxyl groups excluding tert-OH is 1. The Labute approximate surface area is 406 Å².